The number of hydrogen-bond donors (Lipinski definition) is 3. The average molecular weight is 385 g/mol. The molecule has 0 aromatic rings. The van der Waals surface area contributed by atoms with Crippen LogP contribution in [0.25, 0.3) is 0 Å². The Kier molecular flexibility index (Phi) is 26.3. The lowest BCUT2D eigenvalue weighted by molar-refractivity contribution is 0.153. The molecule has 156 valence electrons. The van der Waals surface area contributed by atoms with Gasteiger partial charge in [-0.15, -0.1) is 0 Å². The quantitative estimate of drug-likeness (QED) is 0.173. The van der Waals surface area contributed by atoms with E-state index in [0.29, 0.717) is 6.61 Å². The Balaban J connectivity index is -0.00000242. The Bertz CT molecular complexity index is 294. The van der Waals surface area contributed by atoms with Gasteiger partial charge in [-0.2, -0.15) is 0 Å². The standard InChI is InChI=1S/C18H39O4P.2H3N/c1-3-5-6-7-8-9-10-11-12-13-14-15-16-17-18-22-23(19,20)21-4-2;;/h3-18H2,1-2H3,(H,19,20);2*1H3. The highest BCUT2D eigenvalue weighted by Gasteiger charge is 2.18. The molecule has 0 spiro atoms. The van der Waals surface area contributed by atoms with E-state index < -0.39 is 7.82 Å². The van der Waals surface area contributed by atoms with E-state index in [-0.39, 0.29) is 18.9 Å². The first-order valence-corrected chi connectivity index (χ1v) is 11.2. The van der Waals surface area contributed by atoms with Crippen molar-refractivity contribution in [3.63, 3.8) is 0 Å². The SMILES string of the molecule is CCCCCCCCCCCCCCCCOP(=O)(O)OCC.N.N. The lowest BCUT2D eigenvalue weighted by Crippen LogP contribution is -1.96. The molecule has 0 amide bonds. The zero-order chi connectivity index (χ0) is 17.2. The molecule has 25 heavy (non-hydrogen) atoms. The van der Waals surface area contributed by atoms with Crippen molar-refractivity contribution in [3.05, 3.63) is 0 Å². The summed E-state index contributed by atoms with van der Waals surface area (Å²) >= 11 is 0. The van der Waals surface area contributed by atoms with Gasteiger partial charge in [-0.25, -0.2) is 4.57 Å². The molecule has 7 N–H and O–H groups in total. The first kappa shape index (κ1) is 29.8. The van der Waals surface area contributed by atoms with Gasteiger partial charge in [-0.05, 0) is 13.3 Å². The molecule has 6 nitrogen and oxygen atoms in total. The van der Waals surface area contributed by atoms with Gasteiger partial charge in [0, 0.05) is 0 Å². The van der Waals surface area contributed by atoms with Crippen LogP contribution < -0.4 is 12.3 Å². The van der Waals surface area contributed by atoms with Gasteiger partial charge in [-0.1, -0.05) is 90.4 Å². The van der Waals surface area contributed by atoms with Crippen LogP contribution in [-0.2, 0) is 13.6 Å². The maximum absolute atomic E-state index is 11.3. The molecule has 0 heterocycles. The second-order valence-corrected chi connectivity index (χ2v) is 7.77. The summed E-state index contributed by atoms with van der Waals surface area (Å²) in [6, 6.07) is 0. The average Bonchev–Trinajstić information content (AvgIpc) is 2.51. The van der Waals surface area contributed by atoms with Crippen LogP contribution in [0.3, 0.4) is 0 Å². The monoisotopic (exact) mass is 384 g/mol. The van der Waals surface area contributed by atoms with Gasteiger partial charge in [-0.3, -0.25) is 9.05 Å². The molecule has 1 atom stereocenters. The molecule has 0 bridgehead atoms. The van der Waals surface area contributed by atoms with Crippen molar-refractivity contribution in [1.82, 2.24) is 12.3 Å². The minimum atomic E-state index is -3.78. The molecule has 0 saturated heterocycles. The van der Waals surface area contributed by atoms with Crippen LogP contribution in [0.4, 0.5) is 0 Å². The van der Waals surface area contributed by atoms with E-state index >= 15 is 0 Å². The minimum absolute atomic E-state index is 0. The predicted molar refractivity (Wildman–Crippen MR) is 108 cm³/mol. The van der Waals surface area contributed by atoms with Gasteiger partial charge in [0.15, 0.2) is 0 Å². The molecule has 7 heteroatoms. The van der Waals surface area contributed by atoms with Crippen LogP contribution in [0.5, 0.6) is 0 Å². The van der Waals surface area contributed by atoms with E-state index in [9.17, 15) is 9.46 Å². The third-order valence-electron chi connectivity index (χ3n) is 4.04. The summed E-state index contributed by atoms with van der Waals surface area (Å²) in [5, 5.41) is 0. The summed E-state index contributed by atoms with van der Waals surface area (Å²) in [6.07, 6.45) is 18.1. The highest BCUT2D eigenvalue weighted by atomic mass is 31.2. The molecule has 0 aliphatic heterocycles. The molecular weight excluding hydrogens is 339 g/mol. The second-order valence-electron chi connectivity index (χ2n) is 6.32. The van der Waals surface area contributed by atoms with Crippen molar-refractivity contribution in [2.24, 2.45) is 0 Å². The van der Waals surface area contributed by atoms with Crippen molar-refractivity contribution in [2.45, 2.75) is 104 Å². The number of phosphoric ester groups is 1. The van der Waals surface area contributed by atoms with E-state index in [0.717, 1.165) is 12.8 Å². The Morgan fingerprint density at radius 2 is 1.00 bits per heavy atom. The Labute approximate surface area is 156 Å². The minimum Gasteiger partial charge on any atom is -0.344 e. The summed E-state index contributed by atoms with van der Waals surface area (Å²) in [4.78, 5) is 9.23. The van der Waals surface area contributed by atoms with Crippen LogP contribution in [0.1, 0.15) is 104 Å². The summed E-state index contributed by atoms with van der Waals surface area (Å²) < 4.78 is 20.8. The van der Waals surface area contributed by atoms with Gasteiger partial charge in [0.05, 0.1) is 13.2 Å². The van der Waals surface area contributed by atoms with E-state index in [1.807, 2.05) is 0 Å². The highest BCUT2D eigenvalue weighted by Crippen LogP contribution is 2.42. The summed E-state index contributed by atoms with van der Waals surface area (Å²) in [5.41, 5.74) is 0. The predicted octanol–water partition coefficient (Wildman–Crippen LogP) is 6.95. The number of rotatable bonds is 18. The van der Waals surface area contributed by atoms with Crippen LogP contribution in [0.2, 0.25) is 0 Å². The van der Waals surface area contributed by atoms with E-state index in [4.69, 9.17) is 4.52 Å². The van der Waals surface area contributed by atoms with Crippen molar-refractivity contribution in [3.8, 4) is 0 Å². The lowest BCUT2D eigenvalue weighted by atomic mass is 10.0. The zero-order valence-corrected chi connectivity index (χ0v) is 17.7. The molecule has 0 aromatic heterocycles. The smallest absolute Gasteiger partial charge is 0.344 e. The highest BCUT2D eigenvalue weighted by molar-refractivity contribution is 7.47. The number of unbranched alkanes of at least 4 members (excludes halogenated alkanes) is 13. The zero-order valence-electron chi connectivity index (χ0n) is 16.8. The van der Waals surface area contributed by atoms with Crippen LogP contribution >= 0.6 is 7.82 Å². The van der Waals surface area contributed by atoms with Crippen LogP contribution in [0.15, 0.2) is 0 Å². The lowest BCUT2D eigenvalue weighted by Gasteiger charge is -2.10. The van der Waals surface area contributed by atoms with E-state index in [1.54, 1.807) is 6.92 Å². The molecular formula is C18H45N2O4P. The second kappa shape index (κ2) is 22.1. The van der Waals surface area contributed by atoms with Gasteiger partial charge < -0.3 is 17.2 Å². The van der Waals surface area contributed by atoms with Gasteiger partial charge >= 0.3 is 7.82 Å². The van der Waals surface area contributed by atoms with Crippen molar-refractivity contribution >= 4 is 7.82 Å². The van der Waals surface area contributed by atoms with Crippen molar-refractivity contribution in [2.75, 3.05) is 13.2 Å². The third-order valence-corrected chi connectivity index (χ3v) is 5.14. The van der Waals surface area contributed by atoms with Gasteiger partial charge in [0.25, 0.3) is 0 Å². The molecule has 0 rings (SSSR count). The van der Waals surface area contributed by atoms with Crippen LogP contribution in [-0.4, -0.2) is 18.1 Å². The topological polar surface area (TPSA) is 126 Å². The van der Waals surface area contributed by atoms with Gasteiger partial charge in [0.2, 0.25) is 0 Å². The Hall–Kier alpha value is 0.0300. The first-order valence-electron chi connectivity index (χ1n) is 9.74. The fraction of sp³-hybridized carbons (Fsp3) is 1.00. The normalized spacial score (nSPS) is 12.9. The van der Waals surface area contributed by atoms with Crippen LogP contribution in [0, 0.1) is 0 Å². The molecule has 0 aromatic carbocycles. The molecule has 0 saturated carbocycles. The van der Waals surface area contributed by atoms with E-state index in [2.05, 4.69) is 11.4 Å². The maximum Gasteiger partial charge on any atom is 0.472 e. The molecule has 1 unspecified atom stereocenters. The molecule has 0 radical (unpaired) electrons. The van der Waals surface area contributed by atoms with Gasteiger partial charge in [0.1, 0.15) is 0 Å². The molecule has 0 aliphatic carbocycles. The fourth-order valence-corrected chi connectivity index (χ4v) is 3.44. The Morgan fingerprint density at radius 3 is 1.36 bits per heavy atom. The molecule has 0 fully saturated rings. The van der Waals surface area contributed by atoms with E-state index in [1.165, 1.54) is 77.0 Å². The van der Waals surface area contributed by atoms with Crippen molar-refractivity contribution < 1.29 is 18.5 Å². The Morgan fingerprint density at radius 1 is 0.640 bits per heavy atom. The number of hydrogen-bond acceptors (Lipinski definition) is 5. The largest absolute Gasteiger partial charge is 0.472 e. The summed E-state index contributed by atoms with van der Waals surface area (Å²) in [5.74, 6) is 0. The molecule has 0 aliphatic rings. The van der Waals surface area contributed by atoms with Crippen molar-refractivity contribution in [1.29, 1.82) is 0 Å². The fourth-order valence-electron chi connectivity index (χ4n) is 2.68. The third kappa shape index (κ3) is 24.0. The maximum atomic E-state index is 11.3. The first-order chi connectivity index (χ1) is 11.1. The summed E-state index contributed by atoms with van der Waals surface area (Å²) in [7, 11) is -3.78. The summed E-state index contributed by atoms with van der Waals surface area (Å²) in [6.45, 7) is 4.45. The number of phosphoric acid groups is 1.